The fraction of sp³-hybridized carbons (Fsp3) is 0.526. The van der Waals surface area contributed by atoms with Crippen molar-refractivity contribution in [3.63, 3.8) is 0 Å². The highest BCUT2D eigenvalue weighted by atomic mass is 31.2. The van der Waals surface area contributed by atoms with Gasteiger partial charge in [-0.05, 0) is 31.5 Å². The van der Waals surface area contributed by atoms with Crippen molar-refractivity contribution in [3.05, 3.63) is 24.4 Å². The number of nitrogens with zero attached hydrogens (tertiary/aromatic N) is 4. The number of methoxy groups -OCH3 is 1. The normalized spacial score (nSPS) is 21.6. The van der Waals surface area contributed by atoms with Crippen molar-refractivity contribution >= 4 is 30.1 Å². The van der Waals surface area contributed by atoms with E-state index in [1.165, 1.54) is 7.11 Å². The van der Waals surface area contributed by atoms with Crippen LogP contribution < -0.4 is 20.8 Å². The average molecular weight is 474 g/mol. The van der Waals surface area contributed by atoms with Crippen LogP contribution in [0.25, 0.3) is 0 Å². The minimum absolute atomic E-state index is 0.0257. The summed E-state index contributed by atoms with van der Waals surface area (Å²) in [6.07, 6.45) is -2.52. The van der Waals surface area contributed by atoms with E-state index in [1.54, 1.807) is 25.5 Å². The molecule has 1 unspecified atom stereocenters. The minimum Gasteiger partial charge on any atom is -0.479 e. The molecule has 176 valence electrons. The lowest BCUT2D eigenvalue weighted by atomic mass is 10.1. The van der Waals surface area contributed by atoms with E-state index in [1.807, 2.05) is 4.90 Å². The summed E-state index contributed by atoms with van der Waals surface area (Å²) in [6, 6.07) is 3.16. The summed E-state index contributed by atoms with van der Waals surface area (Å²) < 4.78 is 63.7. The van der Waals surface area contributed by atoms with Gasteiger partial charge in [0.1, 0.15) is 30.0 Å². The van der Waals surface area contributed by atoms with Crippen LogP contribution in [-0.4, -0.2) is 81.3 Å². The van der Waals surface area contributed by atoms with Gasteiger partial charge in [-0.15, -0.1) is 0 Å². The molecule has 2 aliphatic heterocycles. The number of aliphatic imine (C=N–C) groups is 2. The molecule has 32 heavy (non-hydrogen) atoms. The molecule has 0 bridgehead atoms. The lowest BCUT2D eigenvalue weighted by Crippen LogP contribution is -2.44. The van der Waals surface area contributed by atoms with Gasteiger partial charge in [0, 0.05) is 19.3 Å². The van der Waals surface area contributed by atoms with Gasteiger partial charge >= 0.3 is 6.18 Å². The van der Waals surface area contributed by atoms with Crippen molar-refractivity contribution in [2.45, 2.75) is 6.18 Å². The summed E-state index contributed by atoms with van der Waals surface area (Å²) in [7, 11) is -1.23. The molecule has 0 aliphatic carbocycles. The predicted octanol–water partition coefficient (Wildman–Crippen LogP) is 2.09. The first-order valence-electron chi connectivity index (χ1n) is 9.88. The molecular formula is C19H26F3N6O3P. The molecule has 2 N–H and O–H groups in total. The molecule has 1 saturated heterocycles. The Kier molecular flexibility index (Phi) is 7.58. The van der Waals surface area contributed by atoms with Crippen LogP contribution in [0.15, 0.2) is 34.4 Å². The quantitative estimate of drug-likeness (QED) is 0.631. The number of aromatic nitrogens is 1. The fourth-order valence-corrected chi connectivity index (χ4v) is 3.78. The number of amidine groups is 1. The Balaban J connectivity index is 1.83. The highest BCUT2D eigenvalue weighted by Crippen LogP contribution is 2.35. The Morgan fingerprint density at radius 1 is 1.34 bits per heavy atom. The molecule has 1 fully saturated rings. The number of guanidine groups is 1. The molecule has 3 rings (SSSR count). The van der Waals surface area contributed by atoms with Crippen molar-refractivity contribution in [1.29, 1.82) is 0 Å². The summed E-state index contributed by atoms with van der Waals surface area (Å²) in [5.41, 5.74) is 0.725. The average Bonchev–Trinajstić information content (AvgIpc) is 2.94. The summed E-state index contributed by atoms with van der Waals surface area (Å²) in [4.78, 5) is 14.4. The third-order valence-electron chi connectivity index (χ3n) is 4.76. The van der Waals surface area contributed by atoms with Crippen molar-refractivity contribution < 1.29 is 27.2 Å². The lowest BCUT2D eigenvalue weighted by Gasteiger charge is -2.26. The summed E-state index contributed by atoms with van der Waals surface area (Å²) in [5.74, 6) is -2.04. The number of rotatable bonds is 5. The van der Waals surface area contributed by atoms with Crippen molar-refractivity contribution in [3.8, 4) is 5.88 Å². The zero-order valence-electron chi connectivity index (χ0n) is 18.0. The number of morpholine rings is 1. The largest absolute Gasteiger partial charge is 0.479 e. The van der Waals surface area contributed by atoms with Crippen molar-refractivity contribution in [2.75, 3.05) is 58.7 Å². The van der Waals surface area contributed by atoms with E-state index in [-0.39, 0.29) is 24.3 Å². The Morgan fingerprint density at radius 2 is 2.06 bits per heavy atom. The molecule has 2 aliphatic rings. The molecule has 1 aromatic heterocycles. The molecule has 0 aromatic carbocycles. The van der Waals surface area contributed by atoms with Gasteiger partial charge in [0.15, 0.2) is 0 Å². The van der Waals surface area contributed by atoms with Crippen LogP contribution >= 0.6 is 7.14 Å². The van der Waals surface area contributed by atoms with Crippen molar-refractivity contribution in [2.24, 2.45) is 15.9 Å². The van der Waals surface area contributed by atoms with Crippen LogP contribution in [0, 0.1) is 5.92 Å². The number of ether oxygens (including phenoxy) is 2. The second kappa shape index (κ2) is 10.0. The Bertz CT molecular complexity index is 954. The van der Waals surface area contributed by atoms with Gasteiger partial charge in [-0.1, -0.05) is 0 Å². The maximum atomic E-state index is 13.6. The third kappa shape index (κ3) is 6.30. The number of hydrogen-bond donors (Lipinski definition) is 2. The predicted molar refractivity (Wildman–Crippen MR) is 117 cm³/mol. The zero-order chi connectivity index (χ0) is 23.4. The van der Waals surface area contributed by atoms with E-state index in [4.69, 9.17) is 9.47 Å². The Hall–Kier alpha value is -2.43. The molecule has 0 radical (unpaired) electrons. The number of halogens is 3. The van der Waals surface area contributed by atoms with E-state index in [0.717, 1.165) is 12.3 Å². The molecule has 3 heterocycles. The Morgan fingerprint density at radius 3 is 2.69 bits per heavy atom. The van der Waals surface area contributed by atoms with Gasteiger partial charge in [-0.25, -0.2) is 9.98 Å². The molecule has 0 amide bonds. The van der Waals surface area contributed by atoms with Gasteiger partial charge in [0.05, 0.1) is 27.0 Å². The van der Waals surface area contributed by atoms with Crippen LogP contribution in [0.4, 0.5) is 18.9 Å². The summed E-state index contributed by atoms with van der Waals surface area (Å²) >= 11 is 0. The van der Waals surface area contributed by atoms with Crippen LogP contribution in [0.5, 0.6) is 5.88 Å². The molecule has 0 spiro atoms. The maximum absolute atomic E-state index is 13.6. The molecule has 1 aromatic rings. The molecule has 1 atom stereocenters. The Labute approximate surface area is 184 Å². The number of pyridine rings is 1. The van der Waals surface area contributed by atoms with E-state index < -0.39 is 19.2 Å². The zero-order valence-corrected chi connectivity index (χ0v) is 18.9. The van der Waals surface area contributed by atoms with Gasteiger partial charge in [0.2, 0.25) is 11.8 Å². The van der Waals surface area contributed by atoms with Crippen LogP contribution in [-0.2, 0) is 9.30 Å². The SMILES string of the molecule is COc1nc(P(C)(C)=O)ccc1NC1=NC=CC(C(F)(F)F)C(=NCN2CCOCC2)N1. The van der Waals surface area contributed by atoms with Gasteiger partial charge in [-0.3, -0.25) is 9.89 Å². The van der Waals surface area contributed by atoms with Crippen LogP contribution in [0.1, 0.15) is 0 Å². The standard InChI is InChI=1S/C19H26F3N6O3P/c1-30-17-14(4-5-15(26-17)32(2,3)29)25-18-23-7-6-13(19(20,21)22)16(27-18)24-12-28-8-10-31-11-9-28/h4-7,13H,8-12H2,1-3H3,(H2,23,24,25,27). The fourth-order valence-electron chi connectivity index (χ4n) is 3.02. The summed E-state index contributed by atoms with van der Waals surface area (Å²) in [6.45, 7) is 5.48. The van der Waals surface area contributed by atoms with Gasteiger partial charge in [-0.2, -0.15) is 13.2 Å². The first-order valence-corrected chi connectivity index (χ1v) is 12.5. The first-order chi connectivity index (χ1) is 15.1. The van der Waals surface area contributed by atoms with E-state index in [9.17, 15) is 17.7 Å². The van der Waals surface area contributed by atoms with E-state index >= 15 is 0 Å². The second-order valence-electron chi connectivity index (χ2n) is 7.58. The smallest absolute Gasteiger partial charge is 0.402 e. The van der Waals surface area contributed by atoms with E-state index in [2.05, 4.69) is 25.6 Å². The number of hydrogen-bond acceptors (Lipinski definition) is 8. The summed E-state index contributed by atoms with van der Waals surface area (Å²) in [5, 5.41) is 5.55. The third-order valence-corrected chi connectivity index (χ3v) is 6.12. The molecule has 9 nitrogen and oxygen atoms in total. The topological polar surface area (TPSA) is 100 Å². The molecule has 0 saturated carbocycles. The highest BCUT2D eigenvalue weighted by molar-refractivity contribution is 7.69. The highest BCUT2D eigenvalue weighted by Gasteiger charge is 2.42. The van der Waals surface area contributed by atoms with E-state index in [0.29, 0.717) is 37.4 Å². The lowest BCUT2D eigenvalue weighted by molar-refractivity contribution is -0.144. The maximum Gasteiger partial charge on any atom is 0.402 e. The monoisotopic (exact) mass is 474 g/mol. The molecular weight excluding hydrogens is 448 g/mol. The number of nitrogens with one attached hydrogen (secondary N) is 2. The second-order valence-corrected chi connectivity index (χ2v) is 10.7. The van der Waals surface area contributed by atoms with Gasteiger partial charge < -0.3 is 24.7 Å². The van der Waals surface area contributed by atoms with Gasteiger partial charge in [0.25, 0.3) is 0 Å². The van der Waals surface area contributed by atoms with Crippen molar-refractivity contribution in [1.82, 2.24) is 15.2 Å². The first kappa shape index (κ1) is 24.2. The minimum atomic E-state index is -4.54. The van der Waals surface area contributed by atoms with Crippen LogP contribution in [0.3, 0.4) is 0 Å². The van der Waals surface area contributed by atoms with Crippen LogP contribution in [0.2, 0.25) is 0 Å². The number of anilines is 1. The number of alkyl halides is 3. The molecule has 13 heteroatoms.